The lowest BCUT2D eigenvalue weighted by atomic mass is 10.1. The highest BCUT2D eigenvalue weighted by Crippen LogP contribution is 2.13. The minimum Gasteiger partial charge on any atom is -0.497 e. The molecule has 106 valence electrons. The molecule has 0 radical (unpaired) electrons. The Balaban J connectivity index is 2.20. The molecule has 1 aromatic heterocycles. The molecule has 0 amide bonds. The Hall–Kier alpha value is -2.70. The van der Waals surface area contributed by atoms with Crippen LogP contribution in [0, 0.1) is 0 Å². The van der Waals surface area contributed by atoms with E-state index in [0.29, 0.717) is 13.0 Å². The van der Waals surface area contributed by atoms with E-state index in [1.54, 1.807) is 7.11 Å². The van der Waals surface area contributed by atoms with Gasteiger partial charge < -0.3 is 16.2 Å². The van der Waals surface area contributed by atoms with Crippen LogP contribution in [0.4, 0.5) is 11.5 Å². The Morgan fingerprint density at radius 2 is 1.85 bits per heavy atom. The minimum atomic E-state index is -0.659. The van der Waals surface area contributed by atoms with Crippen LogP contribution in [0.3, 0.4) is 0 Å². The third kappa shape index (κ3) is 2.66. The van der Waals surface area contributed by atoms with Gasteiger partial charge in [-0.1, -0.05) is 12.1 Å². The zero-order valence-electron chi connectivity index (χ0n) is 11.1. The van der Waals surface area contributed by atoms with Crippen LogP contribution in [0.2, 0.25) is 0 Å². The third-order valence-corrected chi connectivity index (χ3v) is 3.06. The van der Waals surface area contributed by atoms with Gasteiger partial charge in [-0.25, -0.2) is 4.79 Å². The van der Waals surface area contributed by atoms with Crippen molar-refractivity contribution in [1.29, 1.82) is 0 Å². The van der Waals surface area contributed by atoms with Gasteiger partial charge in [0.25, 0.3) is 5.56 Å². The second-order valence-electron chi connectivity index (χ2n) is 4.31. The molecule has 0 unspecified atom stereocenters. The number of benzene rings is 1. The number of hydrogen-bond donors (Lipinski definition) is 3. The largest absolute Gasteiger partial charge is 0.497 e. The summed E-state index contributed by atoms with van der Waals surface area (Å²) in [6, 6.07) is 7.47. The molecule has 2 aromatic rings. The molecule has 0 aliphatic heterocycles. The molecule has 7 nitrogen and oxygen atoms in total. The molecular formula is C13H16N4O3. The number of H-pyrrole nitrogens is 1. The molecule has 0 saturated heterocycles. The smallest absolute Gasteiger partial charge is 0.330 e. The molecule has 0 aliphatic rings. The van der Waals surface area contributed by atoms with Gasteiger partial charge in [0.05, 0.1) is 7.11 Å². The van der Waals surface area contributed by atoms with E-state index in [1.807, 2.05) is 24.3 Å². The first kappa shape index (κ1) is 13.7. The SMILES string of the molecule is COc1ccc(CCn2c(N)c(N)c(=O)[nH]c2=O)cc1. The van der Waals surface area contributed by atoms with Gasteiger partial charge in [0.1, 0.15) is 17.3 Å². The molecular weight excluding hydrogens is 260 g/mol. The number of aromatic amines is 1. The molecule has 7 heteroatoms. The second kappa shape index (κ2) is 5.52. The first-order chi connectivity index (χ1) is 9.52. The van der Waals surface area contributed by atoms with Crippen molar-refractivity contribution in [3.63, 3.8) is 0 Å². The van der Waals surface area contributed by atoms with Crippen molar-refractivity contribution in [3.8, 4) is 5.75 Å². The molecule has 0 spiro atoms. The molecule has 1 aromatic carbocycles. The summed E-state index contributed by atoms with van der Waals surface area (Å²) in [6.07, 6.45) is 0.583. The van der Waals surface area contributed by atoms with E-state index in [4.69, 9.17) is 16.2 Å². The molecule has 20 heavy (non-hydrogen) atoms. The monoisotopic (exact) mass is 276 g/mol. The number of anilines is 2. The van der Waals surface area contributed by atoms with Gasteiger partial charge in [0, 0.05) is 6.54 Å². The predicted octanol–water partition coefficient (Wildman–Crippen LogP) is -0.0477. The normalized spacial score (nSPS) is 10.4. The van der Waals surface area contributed by atoms with Gasteiger partial charge in [-0.3, -0.25) is 14.3 Å². The number of aromatic nitrogens is 2. The molecule has 0 atom stereocenters. The van der Waals surface area contributed by atoms with E-state index in [1.165, 1.54) is 4.57 Å². The third-order valence-electron chi connectivity index (χ3n) is 3.06. The molecule has 2 rings (SSSR count). The first-order valence-electron chi connectivity index (χ1n) is 6.04. The van der Waals surface area contributed by atoms with Crippen LogP contribution >= 0.6 is 0 Å². The minimum absolute atomic E-state index is 0.00717. The van der Waals surface area contributed by atoms with Crippen molar-refractivity contribution in [2.75, 3.05) is 18.6 Å². The van der Waals surface area contributed by atoms with Gasteiger partial charge >= 0.3 is 5.69 Å². The highest BCUT2D eigenvalue weighted by molar-refractivity contribution is 5.56. The number of nitrogens with zero attached hydrogens (tertiary/aromatic N) is 1. The fourth-order valence-electron chi connectivity index (χ4n) is 1.86. The van der Waals surface area contributed by atoms with Crippen LogP contribution in [0.25, 0.3) is 0 Å². The van der Waals surface area contributed by atoms with Crippen LogP contribution in [-0.2, 0) is 13.0 Å². The number of ether oxygens (including phenoxy) is 1. The molecule has 1 heterocycles. The molecule has 0 saturated carbocycles. The Morgan fingerprint density at radius 1 is 1.20 bits per heavy atom. The summed E-state index contributed by atoms with van der Waals surface area (Å²) < 4.78 is 6.32. The van der Waals surface area contributed by atoms with Gasteiger partial charge in [0.15, 0.2) is 0 Å². The van der Waals surface area contributed by atoms with Crippen LogP contribution in [0.5, 0.6) is 5.75 Å². The summed E-state index contributed by atoms with van der Waals surface area (Å²) in [5.74, 6) is 0.756. The van der Waals surface area contributed by atoms with Crippen molar-refractivity contribution in [3.05, 3.63) is 50.7 Å². The van der Waals surface area contributed by atoms with Crippen LogP contribution < -0.4 is 27.5 Å². The molecule has 0 bridgehead atoms. The van der Waals surface area contributed by atoms with Crippen LogP contribution in [0.1, 0.15) is 5.56 Å². The summed E-state index contributed by atoms with van der Waals surface area (Å²) in [5, 5.41) is 0. The highest BCUT2D eigenvalue weighted by Gasteiger charge is 2.08. The molecule has 0 aliphatic carbocycles. The summed E-state index contributed by atoms with van der Waals surface area (Å²) >= 11 is 0. The standard InChI is InChI=1S/C13H16N4O3/c1-20-9-4-2-8(3-5-9)6-7-17-11(15)10(14)12(18)16-13(17)19/h2-5H,6-7,14-15H2,1H3,(H,16,18,19). The zero-order chi connectivity index (χ0) is 14.7. The van der Waals surface area contributed by atoms with E-state index in [9.17, 15) is 9.59 Å². The number of aryl methyl sites for hydroxylation is 1. The Bertz CT molecular complexity index is 716. The van der Waals surface area contributed by atoms with Gasteiger partial charge in [-0.2, -0.15) is 0 Å². The average Bonchev–Trinajstić information content (AvgIpc) is 2.45. The Labute approximate surface area is 114 Å². The van der Waals surface area contributed by atoms with Crippen molar-refractivity contribution < 1.29 is 4.74 Å². The Kier molecular flexibility index (Phi) is 3.79. The summed E-state index contributed by atoms with van der Waals surface area (Å²) in [5.41, 5.74) is 10.9. The summed E-state index contributed by atoms with van der Waals surface area (Å²) in [6.45, 7) is 0.331. The first-order valence-corrected chi connectivity index (χ1v) is 6.04. The number of hydrogen-bond acceptors (Lipinski definition) is 5. The van der Waals surface area contributed by atoms with Gasteiger partial charge in [-0.15, -0.1) is 0 Å². The van der Waals surface area contributed by atoms with E-state index in [-0.39, 0.29) is 11.5 Å². The van der Waals surface area contributed by atoms with Gasteiger partial charge in [0.2, 0.25) is 0 Å². The van der Waals surface area contributed by atoms with E-state index >= 15 is 0 Å². The fourth-order valence-corrected chi connectivity index (χ4v) is 1.86. The quantitative estimate of drug-likeness (QED) is 0.724. The van der Waals surface area contributed by atoms with E-state index in [2.05, 4.69) is 4.98 Å². The summed E-state index contributed by atoms with van der Waals surface area (Å²) in [4.78, 5) is 25.1. The second-order valence-corrected chi connectivity index (χ2v) is 4.31. The summed E-state index contributed by atoms with van der Waals surface area (Å²) in [7, 11) is 1.60. The number of rotatable bonds is 4. The van der Waals surface area contributed by atoms with E-state index < -0.39 is 11.2 Å². The molecule has 5 N–H and O–H groups in total. The molecule has 0 fully saturated rings. The number of nitrogens with two attached hydrogens (primary N) is 2. The highest BCUT2D eigenvalue weighted by atomic mass is 16.5. The lowest BCUT2D eigenvalue weighted by Crippen LogP contribution is -2.34. The number of methoxy groups -OCH3 is 1. The van der Waals surface area contributed by atoms with E-state index in [0.717, 1.165) is 11.3 Å². The van der Waals surface area contributed by atoms with Crippen molar-refractivity contribution in [2.45, 2.75) is 13.0 Å². The maximum Gasteiger partial charge on any atom is 0.330 e. The van der Waals surface area contributed by atoms with Crippen LogP contribution in [0.15, 0.2) is 33.9 Å². The van der Waals surface area contributed by atoms with Crippen molar-refractivity contribution in [1.82, 2.24) is 9.55 Å². The van der Waals surface area contributed by atoms with Crippen molar-refractivity contribution >= 4 is 11.5 Å². The Morgan fingerprint density at radius 3 is 2.45 bits per heavy atom. The number of nitrogen functional groups attached to an aromatic ring is 2. The van der Waals surface area contributed by atoms with Crippen molar-refractivity contribution in [2.24, 2.45) is 0 Å². The zero-order valence-corrected chi connectivity index (χ0v) is 11.1. The lowest BCUT2D eigenvalue weighted by Gasteiger charge is -2.10. The van der Waals surface area contributed by atoms with Gasteiger partial charge in [-0.05, 0) is 24.1 Å². The van der Waals surface area contributed by atoms with Crippen LogP contribution in [-0.4, -0.2) is 16.7 Å². The fraction of sp³-hybridized carbons (Fsp3) is 0.231. The average molecular weight is 276 g/mol. The maximum absolute atomic E-state index is 11.7. The maximum atomic E-state index is 11.7. The predicted molar refractivity (Wildman–Crippen MR) is 76.8 cm³/mol. The number of nitrogens with one attached hydrogen (secondary N) is 1. The lowest BCUT2D eigenvalue weighted by molar-refractivity contribution is 0.414. The topological polar surface area (TPSA) is 116 Å².